The molecular weight excluding hydrogens is 588 g/mol. The smallest absolute Gasteiger partial charge is 0.256 e. The Bertz CT molecular complexity index is 1540. The molecule has 4 saturated carbocycles. The highest BCUT2D eigenvalue weighted by Gasteiger charge is 2.62. The summed E-state index contributed by atoms with van der Waals surface area (Å²) in [4.78, 5) is 35.5. The lowest BCUT2D eigenvalue weighted by molar-refractivity contribution is -0.915. The Morgan fingerprint density at radius 3 is 2.55 bits per heavy atom. The molecule has 254 valence electrons. The molecule has 1 N–H and O–H groups in total. The zero-order valence-electron chi connectivity index (χ0n) is 28.7. The van der Waals surface area contributed by atoms with Gasteiger partial charge in [0, 0.05) is 24.5 Å². The van der Waals surface area contributed by atoms with Crippen LogP contribution in [0, 0.1) is 45.6 Å². The number of amides is 2. The highest BCUT2D eigenvalue weighted by Crippen LogP contribution is 2.67. The van der Waals surface area contributed by atoms with Gasteiger partial charge in [0.15, 0.2) is 0 Å². The molecule has 0 bridgehead atoms. The van der Waals surface area contributed by atoms with Crippen molar-refractivity contribution < 1.29 is 19.3 Å². The molecule has 47 heavy (non-hydrogen) atoms. The van der Waals surface area contributed by atoms with E-state index >= 15 is 0 Å². The number of benzene rings is 1. The predicted molar refractivity (Wildman–Crippen MR) is 182 cm³/mol. The van der Waals surface area contributed by atoms with Crippen molar-refractivity contribution in [2.24, 2.45) is 40.4 Å². The van der Waals surface area contributed by atoms with E-state index in [2.05, 4.69) is 25.8 Å². The van der Waals surface area contributed by atoms with Gasteiger partial charge in [-0.2, -0.15) is 0 Å². The van der Waals surface area contributed by atoms with Crippen LogP contribution in [-0.2, 0) is 4.79 Å². The minimum absolute atomic E-state index is 0.0433. The molecular formula is C39H54N4O4. The van der Waals surface area contributed by atoms with E-state index in [1.54, 1.807) is 11.1 Å². The average molecular weight is 643 g/mol. The van der Waals surface area contributed by atoms with Gasteiger partial charge in [-0.25, -0.2) is 0 Å². The van der Waals surface area contributed by atoms with Gasteiger partial charge < -0.3 is 24.8 Å². The fourth-order valence-corrected chi connectivity index (χ4v) is 12.2. The van der Waals surface area contributed by atoms with E-state index in [0.29, 0.717) is 62.0 Å². The molecule has 0 spiro atoms. The molecule has 6 fully saturated rings. The topological polar surface area (TPSA) is 96.8 Å². The van der Waals surface area contributed by atoms with Crippen molar-refractivity contribution in [3.8, 4) is 0 Å². The summed E-state index contributed by atoms with van der Waals surface area (Å²) in [6, 6.07) is 8.77. The molecule has 2 saturated heterocycles. The van der Waals surface area contributed by atoms with Crippen molar-refractivity contribution in [1.29, 1.82) is 0 Å². The number of pyridine rings is 1. The van der Waals surface area contributed by atoms with E-state index < -0.39 is 12.1 Å². The molecule has 0 radical (unpaired) electrons. The van der Waals surface area contributed by atoms with E-state index in [-0.39, 0.29) is 27.9 Å². The second-order valence-electron chi connectivity index (χ2n) is 17.1. The number of para-hydroxylation sites is 1. The van der Waals surface area contributed by atoms with Crippen LogP contribution >= 0.6 is 0 Å². The van der Waals surface area contributed by atoms with Gasteiger partial charge in [-0.1, -0.05) is 39.0 Å². The minimum atomic E-state index is -0.580. The maximum atomic E-state index is 14.7. The number of rotatable bonds is 3. The predicted octanol–water partition coefficient (Wildman–Crippen LogP) is 6.01. The quantitative estimate of drug-likeness (QED) is 0.327. The summed E-state index contributed by atoms with van der Waals surface area (Å²) >= 11 is 0. The highest BCUT2D eigenvalue weighted by molar-refractivity contribution is 6.00. The van der Waals surface area contributed by atoms with Crippen molar-refractivity contribution in [3.05, 3.63) is 47.3 Å². The fourth-order valence-electron chi connectivity index (χ4n) is 12.2. The van der Waals surface area contributed by atoms with Gasteiger partial charge in [0.2, 0.25) is 5.91 Å². The van der Waals surface area contributed by atoms with E-state index in [0.717, 1.165) is 47.9 Å². The van der Waals surface area contributed by atoms with Crippen LogP contribution in [-0.4, -0.2) is 87.3 Å². The van der Waals surface area contributed by atoms with Crippen molar-refractivity contribution in [2.45, 2.75) is 103 Å². The summed E-state index contributed by atoms with van der Waals surface area (Å²) in [6.45, 7) is 9.46. The van der Waals surface area contributed by atoms with Gasteiger partial charge in [0.1, 0.15) is 18.2 Å². The third-order valence-corrected chi connectivity index (χ3v) is 15.2. The van der Waals surface area contributed by atoms with E-state index in [4.69, 9.17) is 0 Å². The van der Waals surface area contributed by atoms with Crippen molar-refractivity contribution in [1.82, 2.24) is 14.8 Å². The molecule has 2 aromatic rings. The number of hydroxylamine groups is 3. The van der Waals surface area contributed by atoms with Gasteiger partial charge in [0.05, 0.1) is 37.3 Å². The number of quaternary nitrogens is 1. The first-order chi connectivity index (χ1) is 22.5. The maximum Gasteiger partial charge on any atom is 0.256 e. The number of carbonyl (C=O) groups excluding carboxylic acids is 2. The number of aliphatic hydroxyl groups is 1. The Morgan fingerprint density at radius 1 is 0.979 bits per heavy atom. The minimum Gasteiger partial charge on any atom is -0.632 e. The van der Waals surface area contributed by atoms with Crippen LogP contribution in [0.15, 0.2) is 36.5 Å². The molecule has 8 rings (SSSR count). The molecule has 4 aliphatic carbocycles. The van der Waals surface area contributed by atoms with E-state index in [1.807, 2.05) is 35.2 Å². The van der Waals surface area contributed by atoms with Crippen molar-refractivity contribution in [2.75, 3.05) is 32.7 Å². The Hall–Kier alpha value is -2.55. The number of carbonyl (C=O) groups is 2. The summed E-state index contributed by atoms with van der Waals surface area (Å²) < 4.78 is -0.390. The molecule has 2 amide bonds. The summed E-state index contributed by atoms with van der Waals surface area (Å²) in [5.74, 6) is 3.32. The molecule has 2 aliphatic heterocycles. The van der Waals surface area contributed by atoms with Crippen molar-refractivity contribution in [3.63, 3.8) is 0 Å². The fraction of sp³-hybridized carbons (Fsp3) is 0.718. The van der Waals surface area contributed by atoms with Crippen LogP contribution in [0.25, 0.3) is 10.9 Å². The lowest BCUT2D eigenvalue weighted by Gasteiger charge is -2.64. The molecule has 3 heterocycles. The molecule has 1 aromatic heterocycles. The normalized spacial score (nSPS) is 41.3. The van der Waals surface area contributed by atoms with Crippen LogP contribution < -0.4 is 0 Å². The Morgan fingerprint density at radius 2 is 1.74 bits per heavy atom. The first kappa shape index (κ1) is 31.7. The second kappa shape index (κ2) is 11.5. The van der Waals surface area contributed by atoms with Gasteiger partial charge in [-0.05, 0) is 110 Å². The molecule has 6 aliphatic rings. The Labute approximate surface area is 280 Å². The molecule has 8 nitrogen and oxygen atoms in total. The second-order valence-corrected chi connectivity index (χ2v) is 17.1. The zero-order chi connectivity index (χ0) is 32.7. The van der Waals surface area contributed by atoms with Gasteiger partial charge in [0.25, 0.3) is 5.91 Å². The monoisotopic (exact) mass is 642 g/mol. The number of fused-ring (bicyclic) bond motifs is 6. The van der Waals surface area contributed by atoms with Crippen LogP contribution in [0.1, 0.15) is 95.3 Å². The summed E-state index contributed by atoms with van der Waals surface area (Å²) in [5, 5.41) is 27.1. The number of piperazine rings is 1. The third kappa shape index (κ3) is 4.98. The number of nitrogens with zero attached hydrogens (tertiary/aromatic N) is 4. The molecule has 10 atom stereocenters. The largest absolute Gasteiger partial charge is 0.632 e. The van der Waals surface area contributed by atoms with E-state index in [9.17, 15) is 19.9 Å². The Balaban J connectivity index is 0.944. The third-order valence-electron chi connectivity index (χ3n) is 15.2. The number of aliphatic hydroxyl groups excluding tert-OH is 1. The van der Waals surface area contributed by atoms with Crippen molar-refractivity contribution >= 4 is 22.7 Å². The first-order valence-electron chi connectivity index (χ1n) is 18.7. The van der Waals surface area contributed by atoms with Gasteiger partial charge >= 0.3 is 0 Å². The van der Waals surface area contributed by atoms with Crippen LogP contribution in [0.3, 0.4) is 0 Å². The highest BCUT2D eigenvalue weighted by atomic mass is 16.6. The number of hydrogen-bond acceptors (Lipinski definition) is 5. The molecule has 1 aromatic carbocycles. The van der Waals surface area contributed by atoms with Crippen LogP contribution in [0.2, 0.25) is 0 Å². The number of likely N-dealkylation sites (tertiary alicyclic amines) is 1. The first-order valence-corrected chi connectivity index (χ1v) is 18.7. The average Bonchev–Trinajstić information content (AvgIpc) is 3.68. The van der Waals surface area contributed by atoms with E-state index in [1.165, 1.54) is 38.5 Å². The lowest BCUT2D eigenvalue weighted by atomic mass is 9.44. The number of aromatic nitrogens is 1. The zero-order valence-corrected chi connectivity index (χ0v) is 28.7. The number of hydrogen-bond donors (Lipinski definition) is 1. The maximum absolute atomic E-state index is 14.7. The van der Waals surface area contributed by atoms with Crippen LogP contribution in [0.4, 0.5) is 0 Å². The molecule has 8 heteroatoms. The van der Waals surface area contributed by atoms with Gasteiger partial charge in [-0.3, -0.25) is 14.6 Å². The standard InChI is InChI=1S/C39H54N4O4/c1-25-10-13-30-29-12-11-28-22-35(44)34(23-39(28,3)31(29)14-15-38(25,30)2)43(47)19-17-41(18-20-43)37(46)33-9-6-16-42(33)36(45)27-21-26-7-4-5-8-32(26)40-24-27/h4-5,7-8,21,24-25,28-31,33-35,44H,6,9-20,22-23H2,1-3H3/t25-,28?,29?,30?,31?,33-,34-,35-,38+,39-/m0/s1. The lowest BCUT2D eigenvalue weighted by Crippen LogP contribution is -2.69. The SMILES string of the molecule is C[C@H]1CCC2C3CCC4C[C@H](O)[C@@H]([N+]5([O-])CCN(C(=O)[C@@H]6CCCN6C(=O)c6cnc7ccccc7c6)CC5)C[C@]4(C)C3CC[C@@]21C. The summed E-state index contributed by atoms with van der Waals surface area (Å²) in [5.41, 5.74) is 1.92. The van der Waals surface area contributed by atoms with Crippen LogP contribution in [0.5, 0.6) is 0 Å². The summed E-state index contributed by atoms with van der Waals surface area (Å²) in [6.07, 6.45) is 11.8. The summed E-state index contributed by atoms with van der Waals surface area (Å²) in [7, 11) is 0. The van der Waals surface area contributed by atoms with Gasteiger partial charge in [-0.15, -0.1) is 0 Å². The molecule has 4 unspecified atom stereocenters. The Kier molecular flexibility index (Phi) is 7.77.